The highest BCUT2D eigenvalue weighted by atomic mass is 19.1. The van der Waals surface area contributed by atoms with E-state index in [1.165, 1.54) is 34.9 Å². The first-order valence-corrected chi connectivity index (χ1v) is 8.12. The Hall–Kier alpha value is -3.49. The summed E-state index contributed by atoms with van der Waals surface area (Å²) >= 11 is 0. The summed E-state index contributed by atoms with van der Waals surface area (Å²) in [7, 11) is 0. The van der Waals surface area contributed by atoms with Gasteiger partial charge in [0.2, 0.25) is 0 Å². The zero-order valence-corrected chi connectivity index (χ0v) is 14.1. The second-order valence-corrected chi connectivity index (χ2v) is 5.78. The van der Waals surface area contributed by atoms with Crippen molar-refractivity contribution in [3.63, 3.8) is 0 Å². The molecule has 140 valence electrons. The van der Waals surface area contributed by atoms with Gasteiger partial charge in [0.25, 0.3) is 5.69 Å². The predicted molar refractivity (Wildman–Crippen MR) is 92.6 cm³/mol. The molecule has 1 heterocycles. The molecular formula is C18H15FN2O6. The zero-order chi connectivity index (χ0) is 19.4. The number of nitrogens with zero attached hydrogens (tertiary/aromatic N) is 2. The third-order valence-electron chi connectivity index (χ3n) is 3.97. The van der Waals surface area contributed by atoms with Gasteiger partial charge >= 0.3 is 11.7 Å². The summed E-state index contributed by atoms with van der Waals surface area (Å²) in [6, 6.07) is 9.87. The fourth-order valence-electron chi connectivity index (χ4n) is 2.61. The maximum Gasteiger partial charge on any atom is 0.419 e. The average Bonchev–Trinajstić information content (AvgIpc) is 2.95. The van der Waals surface area contributed by atoms with Gasteiger partial charge in [0.1, 0.15) is 12.4 Å². The predicted octanol–water partition coefficient (Wildman–Crippen LogP) is 3.17. The van der Waals surface area contributed by atoms with E-state index >= 15 is 0 Å². The minimum atomic E-state index is -0.662. The molecule has 8 nitrogen and oxygen atoms in total. The van der Waals surface area contributed by atoms with E-state index in [-0.39, 0.29) is 36.4 Å². The van der Waals surface area contributed by atoms with Crippen LogP contribution >= 0.6 is 0 Å². The molecular weight excluding hydrogens is 359 g/mol. The van der Waals surface area contributed by atoms with Crippen LogP contribution in [0, 0.1) is 15.9 Å². The number of benzene rings is 2. The van der Waals surface area contributed by atoms with Gasteiger partial charge in [-0.25, -0.2) is 9.18 Å². The van der Waals surface area contributed by atoms with Crippen molar-refractivity contribution in [2.75, 3.05) is 0 Å². The highest BCUT2D eigenvalue weighted by Crippen LogP contribution is 2.20. The van der Waals surface area contributed by atoms with Gasteiger partial charge in [0, 0.05) is 24.6 Å². The Bertz CT molecular complexity index is 1060. The molecule has 0 N–H and O–H groups in total. The fraction of sp³-hybridized carbons (Fsp3) is 0.222. The quantitative estimate of drug-likeness (QED) is 0.357. The van der Waals surface area contributed by atoms with Gasteiger partial charge in [-0.1, -0.05) is 18.2 Å². The number of hydrogen-bond acceptors (Lipinski definition) is 6. The Kier molecular flexibility index (Phi) is 5.30. The second-order valence-electron chi connectivity index (χ2n) is 5.78. The number of aromatic nitrogens is 1. The number of non-ortho nitro benzene ring substituents is 1. The summed E-state index contributed by atoms with van der Waals surface area (Å²) < 4.78 is 24.8. The van der Waals surface area contributed by atoms with Crippen LogP contribution in [0.3, 0.4) is 0 Å². The summed E-state index contributed by atoms with van der Waals surface area (Å²) in [5, 5.41) is 10.8. The van der Waals surface area contributed by atoms with Crippen molar-refractivity contribution in [3.05, 3.63) is 74.5 Å². The summed E-state index contributed by atoms with van der Waals surface area (Å²) in [6.07, 6.45) is 0.322. The molecule has 0 aliphatic heterocycles. The normalized spacial score (nSPS) is 10.9. The molecule has 0 saturated carbocycles. The summed E-state index contributed by atoms with van der Waals surface area (Å²) in [5.74, 6) is -1.63. The third-order valence-corrected chi connectivity index (χ3v) is 3.97. The van der Waals surface area contributed by atoms with E-state index in [9.17, 15) is 24.1 Å². The lowest BCUT2D eigenvalue weighted by Crippen LogP contribution is -2.15. The number of esters is 1. The van der Waals surface area contributed by atoms with E-state index in [4.69, 9.17) is 9.15 Å². The van der Waals surface area contributed by atoms with Crippen molar-refractivity contribution in [1.29, 1.82) is 0 Å². The zero-order valence-electron chi connectivity index (χ0n) is 14.1. The molecule has 9 heteroatoms. The summed E-state index contributed by atoms with van der Waals surface area (Å²) in [5.41, 5.74) is 0.617. The largest absolute Gasteiger partial charge is 0.461 e. The molecule has 3 rings (SSSR count). The van der Waals surface area contributed by atoms with Crippen LogP contribution in [-0.4, -0.2) is 15.5 Å². The number of halogens is 1. The van der Waals surface area contributed by atoms with Gasteiger partial charge in [0.15, 0.2) is 5.58 Å². The van der Waals surface area contributed by atoms with Crippen LogP contribution in [0.25, 0.3) is 11.1 Å². The third kappa shape index (κ3) is 4.20. The number of ether oxygens (including phenoxy) is 1. The molecule has 0 aliphatic rings. The Morgan fingerprint density at radius 2 is 2.04 bits per heavy atom. The SMILES string of the molecule is O=C(CCCn1c(=O)oc2cc([N+](=O)[O-])ccc21)OCc1ccccc1F. The van der Waals surface area contributed by atoms with E-state index in [1.54, 1.807) is 12.1 Å². The molecule has 0 atom stereocenters. The molecule has 0 aliphatic carbocycles. The van der Waals surface area contributed by atoms with Gasteiger partial charge in [-0.15, -0.1) is 0 Å². The summed E-state index contributed by atoms with van der Waals surface area (Å²) in [6.45, 7) is 0.0161. The van der Waals surface area contributed by atoms with Crippen LogP contribution < -0.4 is 5.76 Å². The van der Waals surface area contributed by atoms with Gasteiger partial charge in [-0.3, -0.25) is 19.5 Å². The first-order valence-electron chi connectivity index (χ1n) is 8.12. The van der Waals surface area contributed by atoms with Crippen molar-refractivity contribution in [2.24, 2.45) is 0 Å². The monoisotopic (exact) mass is 374 g/mol. The average molecular weight is 374 g/mol. The molecule has 0 saturated heterocycles. The van der Waals surface area contributed by atoms with Crippen molar-refractivity contribution >= 4 is 22.8 Å². The molecule has 0 amide bonds. The van der Waals surface area contributed by atoms with E-state index in [0.29, 0.717) is 11.9 Å². The number of aryl methyl sites for hydroxylation is 1. The fourth-order valence-corrected chi connectivity index (χ4v) is 2.61. The molecule has 0 unspecified atom stereocenters. The molecule has 0 spiro atoms. The minimum Gasteiger partial charge on any atom is -0.461 e. The number of nitro benzene ring substituents is 1. The second kappa shape index (κ2) is 7.81. The van der Waals surface area contributed by atoms with Gasteiger partial charge < -0.3 is 9.15 Å². The number of carbonyl (C=O) groups is 1. The number of oxazole rings is 1. The van der Waals surface area contributed by atoms with Crippen molar-refractivity contribution in [3.8, 4) is 0 Å². The van der Waals surface area contributed by atoms with Crippen molar-refractivity contribution in [2.45, 2.75) is 26.0 Å². The van der Waals surface area contributed by atoms with E-state index in [0.717, 1.165) is 0 Å². The number of hydrogen-bond donors (Lipinski definition) is 0. The van der Waals surface area contributed by atoms with Crippen molar-refractivity contribution < 1.29 is 23.3 Å². The molecule has 0 radical (unpaired) electrons. The van der Waals surface area contributed by atoms with Crippen LogP contribution in [0.4, 0.5) is 10.1 Å². The van der Waals surface area contributed by atoms with Crippen LogP contribution in [0.5, 0.6) is 0 Å². The molecule has 3 aromatic rings. The number of nitro groups is 1. The summed E-state index contributed by atoms with van der Waals surface area (Å²) in [4.78, 5) is 33.9. The first kappa shape index (κ1) is 18.3. The van der Waals surface area contributed by atoms with E-state index in [1.807, 2.05) is 0 Å². The molecule has 2 aromatic carbocycles. The highest BCUT2D eigenvalue weighted by Gasteiger charge is 2.14. The van der Waals surface area contributed by atoms with Crippen LogP contribution in [0.15, 0.2) is 51.7 Å². The highest BCUT2D eigenvalue weighted by molar-refractivity contribution is 5.75. The Balaban J connectivity index is 1.58. The molecule has 27 heavy (non-hydrogen) atoms. The standard InChI is InChI=1S/C18H15FN2O6/c19-14-5-2-1-4-12(14)11-26-17(22)6-3-9-20-15-8-7-13(21(24)25)10-16(15)27-18(20)23/h1-2,4-5,7-8,10H,3,6,9,11H2. The number of carbonyl (C=O) groups excluding carboxylic acids is 1. The van der Waals surface area contributed by atoms with Crippen LogP contribution in [-0.2, 0) is 22.7 Å². The maximum atomic E-state index is 13.5. The number of fused-ring (bicyclic) bond motifs is 1. The lowest BCUT2D eigenvalue weighted by Gasteiger charge is -2.06. The minimum absolute atomic E-state index is 0.0283. The smallest absolute Gasteiger partial charge is 0.419 e. The molecule has 0 fully saturated rings. The van der Waals surface area contributed by atoms with Crippen LogP contribution in [0.2, 0.25) is 0 Å². The van der Waals surface area contributed by atoms with Crippen molar-refractivity contribution in [1.82, 2.24) is 4.57 Å². The lowest BCUT2D eigenvalue weighted by atomic mass is 10.2. The molecule has 1 aromatic heterocycles. The van der Waals surface area contributed by atoms with Crippen LogP contribution in [0.1, 0.15) is 18.4 Å². The van der Waals surface area contributed by atoms with E-state index < -0.39 is 22.5 Å². The lowest BCUT2D eigenvalue weighted by molar-refractivity contribution is -0.384. The Labute approximate surface area is 151 Å². The first-order chi connectivity index (χ1) is 13.0. The molecule has 0 bridgehead atoms. The Morgan fingerprint density at radius 3 is 2.78 bits per heavy atom. The topological polar surface area (TPSA) is 105 Å². The van der Waals surface area contributed by atoms with Gasteiger partial charge in [0.05, 0.1) is 16.5 Å². The maximum absolute atomic E-state index is 13.5. The van der Waals surface area contributed by atoms with Gasteiger partial charge in [-0.2, -0.15) is 0 Å². The van der Waals surface area contributed by atoms with E-state index in [2.05, 4.69) is 0 Å². The Morgan fingerprint density at radius 1 is 1.26 bits per heavy atom. The number of rotatable bonds is 7. The van der Waals surface area contributed by atoms with Gasteiger partial charge in [-0.05, 0) is 18.6 Å².